The fourth-order valence-electron chi connectivity index (χ4n) is 2.36. The van der Waals surface area contributed by atoms with E-state index >= 15 is 0 Å². The average molecular weight is 521 g/mol. The molecule has 2 aromatic rings. The monoisotopic (exact) mass is 520 g/mol. The third-order valence-electron chi connectivity index (χ3n) is 3.61. The number of halogens is 2. The third kappa shape index (κ3) is 7.72. The first kappa shape index (κ1) is 21.9. The van der Waals surface area contributed by atoms with E-state index in [2.05, 4.69) is 68.5 Å². The van der Waals surface area contributed by atoms with Crippen molar-refractivity contribution in [1.82, 2.24) is 25.0 Å². The van der Waals surface area contributed by atoms with Gasteiger partial charge in [0, 0.05) is 37.7 Å². The summed E-state index contributed by atoms with van der Waals surface area (Å²) in [5.74, 6) is 0.942. The molecule has 25 heavy (non-hydrogen) atoms. The minimum Gasteiger partial charge on any atom is -0.357 e. The van der Waals surface area contributed by atoms with Gasteiger partial charge in [0.15, 0.2) is 5.96 Å². The molecule has 138 valence electrons. The van der Waals surface area contributed by atoms with Crippen LogP contribution in [-0.2, 0) is 13.1 Å². The van der Waals surface area contributed by atoms with Gasteiger partial charge >= 0.3 is 0 Å². The van der Waals surface area contributed by atoms with Crippen molar-refractivity contribution in [2.75, 3.05) is 20.1 Å². The molecule has 0 aliphatic carbocycles. The highest BCUT2D eigenvalue weighted by molar-refractivity contribution is 14.0. The quantitative estimate of drug-likeness (QED) is 0.250. The van der Waals surface area contributed by atoms with Gasteiger partial charge < -0.3 is 14.8 Å². The molecule has 1 N–H and O–H groups in total. The van der Waals surface area contributed by atoms with Gasteiger partial charge in [0.2, 0.25) is 0 Å². The zero-order chi connectivity index (χ0) is 17.2. The molecule has 0 saturated heterocycles. The Morgan fingerprint density at radius 2 is 1.96 bits per heavy atom. The number of rotatable bonds is 8. The summed E-state index contributed by atoms with van der Waals surface area (Å²) in [5.41, 5.74) is 1.25. The molecule has 0 radical (unpaired) electrons. The lowest BCUT2D eigenvalue weighted by atomic mass is 10.2. The Balaban J connectivity index is 0.00000312. The van der Waals surface area contributed by atoms with Crippen LogP contribution in [0.4, 0.5) is 0 Å². The van der Waals surface area contributed by atoms with Crippen LogP contribution in [0.15, 0.2) is 46.4 Å². The van der Waals surface area contributed by atoms with Gasteiger partial charge in [0.05, 0.1) is 0 Å². The molecular weight excluding hydrogens is 495 g/mol. The molecule has 1 aromatic carbocycles. The van der Waals surface area contributed by atoms with Crippen molar-refractivity contribution in [3.8, 4) is 0 Å². The first-order valence-corrected chi connectivity index (χ1v) is 9.05. The Labute approximate surface area is 175 Å². The van der Waals surface area contributed by atoms with Gasteiger partial charge in [-0.15, -0.1) is 34.2 Å². The predicted octanol–water partition coefficient (Wildman–Crippen LogP) is 3.54. The second-order valence-electron chi connectivity index (χ2n) is 5.59. The van der Waals surface area contributed by atoms with E-state index in [1.165, 1.54) is 5.56 Å². The molecule has 0 atom stereocenters. The van der Waals surface area contributed by atoms with Crippen LogP contribution in [0.3, 0.4) is 0 Å². The minimum atomic E-state index is 0. The number of aryl methyl sites for hydroxylation is 1. The van der Waals surface area contributed by atoms with E-state index in [1.54, 1.807) is 12.7 Å². The van der Waals surface area contributed by atoms with Gasteiger partial charge in [-0.1, -0.05) is 34.1 Å². The Kier molecular flexibility index (Phi) is 10.7. The van der Waals surface area contributed by atoms with Crippen LogP contribution in [-0.4, -0.2) is 45.8 Å². The van der Waals surface area contributed by atoms with Crippen molar-refractivity contribution in [1.29, 1.82) is 0 Å². The van der Waals surface area contributed by atoms with Crippen molar-refractivity contribution in [3.63, 3.8) is 0 Å². The summed E-state index contributed by atoms with van der Waals surface area (Å²) in [6.07, 6.45) is 5.60. The van der Waals surface area contributed by atoms with Crippen LogP contribution in [0.25, 0.3) is 0 Å². The normalized spacial score (nSPS) is 11.1. The van der Waals surface area contributed by atoms with Crippen LogP contribution in [0.2, 0.25) is 0 Å². The maximum atomic E-state index is 4.73. The first-order chi connectivity index (χ1) is 11.7. The number of nitrogens with one attached hydrogen (secondary N) is 1. The molecule has 0 fully saturated rings. The summed E-state index contributed by atoms with van der Waals surface area (Å²) in [7, 11) is 2.07. The minimum absolute atomic E-state index is 0. The Morgan fingerprint density at radius 3 is 2.64 bits per heavy atom. The smallest absolute Gasteiger partial charge is 0.193 e. The maximum Gasteiger partial charge on any atom is 0.193 e. The molecule has 0 spiro atoms. The van der Waals surface area contributed by atoms with Gasteiger partial charge in [-0.25, -0.2) is 0 Å². The summed E-state index contributed by atoms with van der Waals surface area (Å²) in [5, 5.41) is 11.0. The van der Waals surface area contributed by atoms with Crippen LogP contribution >= 0.6 is 39.9 Å². The summed E-state index contributed by atoms with van der Waals surface area (Å²) < 4.78 is 3.12. The second kappa shape index (κ2) is 12.2. The molecule has 8 heteroatoms. The molecule has 0 bridgehead atoms. The molecule has 6 nitrogen and oxygen atoms in total. The highest BCUT2D eigenvalue weighted by Crippen LogP contribution is 2.17. The second-order valence-corrected chi connectivity index (χ2v) is 6.44. The lowest BCUT2D eigenvalue weighted by molar-refractivity contribution is 0.474. The Bertz CT molecular complexity index is 632. The lowest BCUT2D eigenvalue weighted by Crippen LogP contribution is -2.38. The van der Waals surface area contributed by atoms with Gasteiger partial charge in [-0.05, 0) is 31.4 Å². The van der Waals surface area contributed by atoms with Gasteiger partial charge in [0.1, 0.15) is 12.7 Å². The third-order valence-corrected chi connectivity index (χ3v) is 4.39. The standard InChI is InChI=1S/C17H25BrN6.HI/c1-3-19-17(20-10-6-7-11-24-13-21-22-14-24)23(2)12-15-8-4-5-9-16(15)18;/h4-5,8-9,13-14H,3,6-7,10-12H2,1-2H3,(H,19,20);1H. The molecule has 0 unspecified atom stereocenters. The number of benzene rings is 1. The Hall–Kier alpha value is -1.16. The van der Waals surface area contributed by atoms with Crippen molar-refractivity contribution in [2.45, 2.75) is 32.9 Å². The largest absolute Gasteiger partial charge is 0.357 e. The average Bonchev–Trinajstić information content (AvgIpc) is 3.09. The molecule has 0 saturated carbocycles. The molecule has 1 aromatic heterocycles. The van der Waals surface area contributed by atoms with E-state index in [-0.39, 0.29) is 24.0 Å². The maximum absolute atomic E-state index is 4.73. The number of aliphatic imine (C=N–C) groups is 1. The summed E-state index contributed by atoms with van der Waals surface area (Å²) in [6.45, 7) is 5.51. The van der Waals surface area contributed by atoms with Crippen molar-refractivity contribution in [2.24, 2.45) is 4.99 Å². The van der Waals surface area contributed by atoms with Crippen LogP contribution < -0.4 is 5.32 Å². The highest BCUT2D eigenvalue weighted by atomic mass is 127. The fourth-order valence-corrected chi connectivity index (χ4v) is 2.77. The van der Waals surface area contributed by atoms with Gasteiger partial charge in [0.25, 0.3) is 0 Å². The predicted molar refractivity (Wildman–Crippen MR) is 116 cm³/mol. The van der Waals surface area contributed by atoms with Crippen LogP contribution in [0.5, 0.6) is 0 Å². The number of hydrogen-bond donors (Lipinski definition) is 1. The van der Waals surface area contributed by atoms with E-state index in [4.69, 9.17) is 4.99 Å². The number of unbranched alkanes of at least 4 members (excludes halogenated alkanes) is 1. The lowest BCUT2D eigenvalue weighted by Gasteiger charge is -2.22. The Morgan fingerprint density at radius 1 is 1.24 bits per heavy atom. The zero-order valence-corrected chi connectivity index (χ0v) is 18.6. The van der Waals surface area contributed by atoms with E-state index in [1.807, 2.05) is 10.6 Å². The molecular formula is C17H26BrIN6. The van der Waals surface area contributed by atoms with Crippen LogP contribution in [0.1, 0.15) is 25.3 Å². The van der Waals surface area contributed by atoms with E-state index in [0.29, 0.717) is 0 Å². The zero-order valence-electron chi connectivity index (χ0n) is 14.7. The highest BCUT2D eigenvalue weighted by Gasteiger charge is 2.08. The van der Waals surface area contributed by atoms with E-state index in [9.17, 15) is 0 Å². The van der Waals surface area contributed by atoms with E-state index in [0.717, 1.165) is 49.5 Å². The van der Waals surface area contributed by atoms with Crippen LogP contribution in [0, 0.1) is 0 Å². The number of aromatic nitrogens is 3. The van der Waals surface area contributed by atoms with Gasteiger partial charge in [-0.3, -0.25) is 4.99 Å². The van der Waals surface area contributed by atoms with Crippen molar-refractivity contribution >= 4 is 45.9 Å². The summed E-state index contributed by atoms with van der Waals surface area (Å²) >= 11 is 3.61. The summed E-state index contributed by atoms with van der Waals surface area (Å²) in [4.78, 5) is 6.89. The van der Waals surface area contributed by atoms with Crippen molar-refractivity contribution in [3.05, 3.63) is 47.0 Å². The SMILES string of the molecule is CCNC(=NCCCCn1cnnc1)N(C)Cc1ccccc1Br.I. The molecule has 0 aliphatic rings. The number of nitrogens with zero attached hydrogens (tertiary/aromatic N) is 5. The molecule has 0 aliphatic heterocycles. The van der Waals surface area contributed by atoms with E-state index < -0.39 is 0 Å². The molecule has 1 heterocycles. The fraction of sp³-hybridized carbons (Fsp3) is 0.471. The molecule has 2 rings (SSSR count). The number of hydrogen-bond acceptors (Lipinski definition) is 3. The molecule has 0 amide bonds. The van der Waals surface area contributed by atoms with Crippen molar-refractivity contribution < 1.29 is 0 Å². The van der Waals surface area contributed by atoms with Gasteiger partial charge in [-0.2, -0.15) is 0 Å². The topological polar surface area (TPSA) is 58.3 Å². The first-order valence-electron chi connectivity index (χ1n) is 8.26. The summed E-state index contributed by atoms with van der Waals surface area (Å²) in [6, 6.07) is 8.28. The number of guanidine groups is 1.